The molecule has 1 atom stereocenters. The summed E-state index contributed by atoms with van der Waals surface area (Å²) in [6, 6.07) is 7.74. The average Bonchev–Trinajstić information content (AvgIpc) is 2.56. The van der Waals surface area contributed by atoms with Crippen LogP contribution in [0.2, 0.25) is 0 Å². The van der Waals surface area contributed by atoms with Gasteiger partial charge in [0.2, 0.25) is 0 Å². The van der Waals surface area contributed by atoms with Gasteiger partial charge in [-0.2, -0.15) is 0 Å². The molecule has 3 rings (SSSR count). The molecule has 0 radical (unpaired) electrons. The van der Waals surface area contributed by atoms with Gasteiger partial charge in [0.1, 0.15) is 12.7 Å². The van der Waals surface area contributed by atoms with Crippen LogP contribution in [0.5, 0.6) is 11.5 Å². The highest BCUT2D eigenvalue weighted by molar-refractivity contribution is 5.79. The molecule has 0 spiro atoms. The van der Waals surface area contributed by atoms with Crippen LogP contribution in [0.4, 0.5) is 0 Å². The van der Waals surface area contributed by atoms with Crippen molar-refractivity contribution in [2.24, 2.45) is 0 Å². The molecule has 0 aliphatic carbocycles. The highest BCUT2D eigenvalue weighted by atomic mass is 16.6. The highest BCUT2D eigenvalue weighted by Crippen LogP contribution is 2.31. The quantitative estimate of drug-likeness (QED) is 0.684. The maximum atomic E-state index is 8.34. The Labute approximate surface area is 132 Å². The molecule has 0 amide bonds. The van der Waals surface area contributed by atoms with Crippen LogP contribution in [0.25, 0.3) is 0 Å². The fraction of sp³-hybridized carbons (Fsp3) is 0.588. The molecule has 1 saturated heterocycles. The molecule has 1 aromatic carbocycles. The van der Waals surface area contributed by atoms with E-state index >= 15 is 0 Å². The number of ether oxygens (including phenoxy) is 2. The number of nitrogens with zero attached hydrogens (tertiary/aromatic N) is 2. The van der Waals surface area contributed by atoms with E-state index in [0.717, 1.165) is 44.2 Å². The van der Waals surface area contributed by atoms with Gasteiger partial charge in [-0.25, -0.2) is 0 Å². The minimum Gasteiger partial charge on any atom is -0.486 e. The van der Waals surface area contributed by atoms with Crippen molar-refractivity contribution in [3.8, 4) is 11.5 Å². The first-order chi connectivity index (χ1) is 10.8. The summed E-state index contributed by atoms with van der Waals surface area (Å²) in [5.74, 6) is 2.27. The summed E-state index contributed by atoms with van der Waals surface area (Å²) in [6.07, 6.45) is 1.75. The number of hydrogen-bond acceptors (Lipinski definition) is 4. The Balaban J connectivity index is 1.49. The lowest BCUT2D eigenvalue weighted by Gasteiger charge is -2.37. The van der Waals surface area contributed by atoms with Crippen LogP contribution in [0.3, 0.4) is 0 Å². The third kappa shape index (κ3) is 3.53. The number of rotatable bonds is 4. The van der Waals surface area contributed by atoms with Gasteiger partial charge in [0.25, 0.3) is 0 Å². The van der Waals surface area contributed by atoms with Crippen molar-refractivity contribution < 1.29 is 9.47 Å². The van der Waals surface area contributed by atoms with Crippen molar-refractivity contribution in [1.29, 1.82) is 5.41 Å². The van der Waals surface area contributed by atoms with E-state index in [1.807, 2.05) is 24.3 Å². The standard InChI is InChI=1S/C17H25N3O2/c1-2-7-19-8-10-20(11-9-19)17(18)12-14-13-21-15-5-3-4-6-16(15)22-14/h3-6,14,18H,2,7-13H2,1H3/t14-/m1/s1. The topological polar surface area (TPSA) is 48.8 Å². The lowest BCUT2D eigenvalue weighted by Crippen LogP contribution is -2.49. The zero-order valence-corrected chi connectivity index (χ0v) is 13.3. The monoisotopic (exact) mass is 303 g/mol. The van der Waals surface area contributed by atoms with E-state index < -0.39 is 0 Å². The molecule has 2 heterocycles. The van der Waals surface area contributed by atoms with Crippen molar-refractivity contribution in [3.63, 3.8) is 0 Å². The second kappa shape index (κ2) is 7.01. The van der Waals surface area contributed by atoms with E-state index in [1.54, 1.807) is 0 Å². The van der Waals surface area contributed by atoms with Crippen LogP contribution in [0.15, 0.2) is 24.3 Å². The van der Waals surface area contributed by atoms with Crippen LogP contribution in [0, 0.1) is 5.41 Å². The van der Waals surface area contributed by atoms with Gasteiger partial charge in [0, 0.05) is 32.6 Å². The van der Waals surface area contributed by atoms with Gasteiger partial charge in [-0.3, -0.25) is 10.3 Å². The fourth-order valence-electron chi connectivity index (χ4n) is 3.07. The SMILES string of the molecule is CCCN1CCN(C(=N)C[C@@H]2COc3ccccc3O2)CC1. The Hall–Kier alpha value is -1.75. The van der Waals surface area contributed by atoms with Gasteiger partial charge in [-0.15, -0.1) is 0 Å². The van der Waals surface area contributed by atoms with Gasteiger partial charge < -0.3 is 14.4 Å². The van der Waals surface area contributed by atoms with E-state index in [4.69, 9.17) is 14.9 Å². The van der Waals surface area contributed by atoms with E-state index in [-0.39, 0.29) is 6.10 Å². The zero-order chi connectivity index (χ0) is 15.4. The van der Waals surface area contributed by atoms with Gasteiger partial charge in [0.15, 0.2) is 11.5 Å². The first-order valence-corrected chi connectivity index (χ1v) is 8.19. The van der Waals surface area contributed by atoms with Crippen LogP contribution < -0.4 is 9.47 Å². The molecule has 2 aliphatic heterocycles. The molecule has 1 N–H and O–H groups in total. The Kier molecular flexibility index (Phi) is 4.83. The van der Waals surface area contributed by atoms with Gasteiger partial charge in [-0.1, -0.05) is 19.1 Å². The van der Waals surface area contributed by atoms with E-state index in [1.165, 1.54) is 6.42 Å². The van der Waals surface area contributed by atoms with E-state index in [2.05, 4.69) is 16.7 Å². The summed E-state index contributed by atoms with van der Waals surface area (Å²) in [5, 5.41) is 8.34. The summed E-state index contributed by atoms with van der Waals surface area (Å²) in [6.45, 7) is 7.91. The molecule has 0 aromatic heterocycles. The summed E-state index contributed by atoms with van der Waals surface area (Å²) >= 11 is 0. The van der Waals surface area contributed by atoms with Crippen LogP contribution >= 0.6 is 0 Å². The van der Waals surface area contributed by atoms with Crippen molar-refractivity contribution in [1.82, 2.24) is 9.80 Å². The maximum Gasteiger partial charge on any atom is 0.161 e. The molecule has 1 aromatic rings. The van der Waals surface area contributed by atoms with Crippen molar-refractivity contribution in [3.05, 3.63) is 24.3 Å². The zero-order valence-electron chi connectivity index (χ0n) is 13.3. The van der Waals surface area contributed by atoms with Gasteiger partial charge in [0.05, 0.1) is 5.84 Å². The van der Waals surface area contributed by atoms with Crippen molar-refractivity contribution in [2.75, 3.05) is 39.3 Å². The summed E-state index contributed by atoms with van der Waals surface area (Å²) < 4.78 is 11.7. The van der Waals surface area contributed by atoms with Gasteiger partial charge >= 0.3 is 0 Å². The molecular formula is C17H25N3O2. The number of hydrogen-bond donors (Lipinski definition) is 1. The predicted molar refractivity (Wildman–Crippen MR) is 87.0 cm³/mol. The second-order valence-electron chi connectivity index (χ2n) is 5.98. The maximum absolute atomic E-state index is 8.34. The summed E-state index contributed by atoms with van der Waals surface area (Å²) in [5.41, 5.74) is 0. The molecule has 1 fully saturated rings. The lowest BCUT2D eigenvalue weighted by molar-refractivity contribution is 0.0920. The first-order valence-electron chi connectivity index (χ1n) is 8.19. The molecule has 5 heteroatoms. The largest absolute Gasteiger partial charge is 0.486 e. The second-order valence-corrected chi connectivity index (χ2v) is 5.98. The minimum atomic E-state index is -0.0592. The Bertz CT molecular complexity index is 512. The van der Waals surface area contributed by atoms with Crippen molar-refractivity contribution >= 4 is 5.84 Å². The van der Waals surface area contributed by atoms with Crippen molar-refractivity contribution in [2.45, 2.75) is 25.9 Å². The Morgan fingerprint density at radius 2 is 1.91 bits per heavy atom. The predicted octanol–water partition coefficient (Wildman–Crippen LogP) is 2.22. The molecule has 120 valence electrons. The molecule has 5 nitrogen and oxygen atoms in total. The normalized spacial score (nSPS) is 21.7. The molecule has 0 saturated carbocycles. The number of nitrogens with one attached hydrogen (secondary N) is 1. The lowest BCUT2D eigenvalue weighted by atomic mass is 10.2. The summed E-state index contributed by atoms with van der Waals surface area (Å²) in [4.78, 5) is 4.65. The molecule has 0 bridgehead atoms. The van der Waals surface area contributed by atoms with Gasteiger partial charge in [-0.05, 0) is 25.1 Å². The van der Waals surface area contributed by atoms with Crippen LogP contribution in [-0.4, -0.2) is 61.1 Å². The number of piperazine rings is 1. The number of benzene rings is 1. The Morgan fingerprint density at radius 1 is 1.18 bits per heavy atom. The third-order valence-corrected chi connectivity index (χ3v) is 4.28. The average molecular weight is 303 g/mol. The van der Waals surface area contributed by atoms with E-state index in [9.17, 15) is 0 Å². The molecule has 22 heavy (non-hydrogen) atoms. The van der Waals surface area contributed by atoms with E-state index in [0.29, 0.717) is 18.9 Å². The number of amidine groups is 1. The summed E-state index contributed by atoms with van der Waals surface area (Å²) in [7, 11) is 0. The first kappa shape index (κ1) is 15.2. The van der Waals surface area contributed by atoms with Crippen LogP contribution in [-0.2, 0) is 0 Å². The molecule has 0 unspecified atom stereocenters. The fourth-order valence-corrected chi connectivity index (χ4v) is 3.07. The number of para-hydroxylation sites is 2. The third-order valence-electron chi connectivity index (χ3n) is 4.28. The Morgan fingerprint density at radius 3 is 2.64 bits per heavy atom. The molecule has 2 aliphatic rings. The minimum absolute atomic E-state index is 0.0592. The smallest absolute Gasteiger partial charge is 0.161 e. The number of fused-ring (bicyclic) bond motifs is 1. The van der Waals surface area contributed by atoms with Crippen LogP contribution in [0.1, 0.15) is 19.8 Å². The molecular weight excluding hydrogens is 278 g/mol. The highest BCUT2D eigenvalue weighted by Gasteiger charge is 2.25.